The van der Waals surface area contributed by atoms with E-state index in [1.165, 1.54) is 6.07 Å². The van der Waals surface area contributed by atoms with E-state index in [9.17, 15) is 4.39 Å². The van der Waals surface area contributed by atoms with Crippen LogP contribution in [0.5, 0.6) is 5.75 Å². The molecule has 0 aliphatic heterocycles. The predicted octanol–water partition coefficient (Wildman–Crippen LogP) is 3.50. The van der Waals surface area contributed by atoms with Crippen molar-refractivity contribution in [2.45, 2.75) is 20.4 Å². The van der Waals surface area contributed by atoms with Gasteiger partial charge in [0.05, 0.1) is 11.1 Å². The molecule has 0 saturated heterocycles. The molecule has 0 aliphatic rings. The molecular weight excluding hydrogens is 296 g/mol. The molecule has 0 unspecified atom stereocenters. The van der Waals surface area contributed by atoms with Gasteiger partial charge in [0, 0.05) is 6.54 Å². The SMILES string of the molecule is CC(C)COc1c(F)cc(CN)cc1Br.Cl. The number of rotatable bonds is 4. The molecule has 0 amide bonds. The molecule has 0 heterocycles. The second-order valence-electron chi connectivity index (χ2n) is 3.80. The first-order valence-electron chi connectivity index (χ1n) is 4.85. The Hall–Kier alpha value is -0.320. The molecule has 0 atom stereocenters. The summed E-state index contributed by atoms with van der Waals surface area (Å²) in [5.74, 6) is 0.261. The smallest absolute Gasteiger partial charge is 0.169 e. The first kappa shape index (κ1) is 15.7. The highest BCUT2D eigenvalue weighted by atomic mass is 79.9. The lowest BCUT2D eigenvalue weighted by atomic mass is 10.2. The molecule has 92 valence electrons. The maximum Gasteiger partial charge on any atom is 0.169 e. The summed E-state index contributed by atoms with van der Waals surface area (Å²) >= 11 is 3.27. The maximum absolute atomic E-state index is 13.5. The fraction of sp³-hybridized carbons (Fsp3) is 0.455. The molecule has 2 N–H and O–H groups in total. The van der Waals surface area contributed by atoms with Crippen LogP contribution in [0, 0.1) is 11.7 Å². The molecule has 0 aliphatic carbocycles. The van der Waals surface area contributed by atoms with Crippen molar-refractivity contribution < 1.29 is 9.13 Å². The summed E-state index contributed by atoms with van der Waals surface area (Å²) < 4.78 is 19.5. The minimum Gasteiger partial charge on any atom is -0.489 e. The normalized spacial score (nSPS) is 10.1. The van der Waals surface area contributed by atoms with E-state index in [1.54, 1.807) is 6.07 Å². The van der Waals surface area contributed by atoms with Crippen LogP contribution in [-0.4, -0.2) is 6.61 Å². The summed E-state index contributed by atoms with van der Waals surface area (Å²) in [6.07, 6.45) is 0. The third kappa shape index (κ3) is 4.28. The van der Waals surface area contributed by atoms with E-state index in [0.29, 0.717) is 23.5 Å². The standard InChI is InChI=1S/C11H15BrFNO.ClH/c1-7(2)6-15-11-9(12)3-8(5-14)4-10(11)13;/h3-4,7H,5-6,14H2,1-2H3;1H. The number of hydrogen-bond donors (Lipinski definition) is 1. The van der Waals surface area contributed by atoms with Gasteiger partial charge in [-0.05, 0) is 39.5 Å². The zero-order valence-corrected chi connectivity index (χ0v) is 11.7. The quantitative estimate of drug-likeness (QED) is 0.923. The average Bonchev–Trinajstić information content (AvgIpc) is 2.15. The summed E-state index contributed by atoms with van der Waals surface area (Å²) in [6, 6.07) is 3.18. The molecule has 0 fully saturated rings. The largest absolute Gasteiger partial charge is 0.489 e. The Kier molecular flexibility index (Phi) is 6.95. The van der Waals surface area contributed by atoms with Crippen molar-refractivity contribution in [3.05, 3.63) is 28.0 Å². The summed E-state index contributed by atoms with van der Waals surface area (Å²) in [5.41, 5.74) is 6.18. The van der Waals surface area contributed by atoms with Crippen LogP contribution in [0.2, 0.25) is 0 Å². The van der Waals surface area contributed by atoms with Crippen LogP contribution in [0.4, 0.5) is 4.39 Å². The van der Waals surface area contributed by atoms with E-state index in [1.807, 2.05) is 13.8 Å². The van der Waals surface area contributed by atoms with E-state index in [2.05, 4.69) is 15.9 Å². The topological polar surface area (TPSA) is 35.2 Å². The van der Waals surface area contributed by atoms with E-state index in [4.69, 9.17) is 10.5 Å². The summed E-state index contributed by atoms with van der Waals surface area (Å²) in [4.78, 5) is 0. The van der Waals surface area contributed by atoms with E-state index in [0.717, 1.165) is 5.56 Å². The number of halogens is 3. The maximum atomic E-state index is 13.5. The van der Waals surface area contributed by atoms with Crippen LogP contribution < -0.4 is 10.5 Å². The third-order valence-electron chi connectivity index (χ3n) is 1.85. The molecule has 0 radical (unpaired) electrons. The molecule has 0 bridgehead atoms. The van der Waals surface area contributed by atoms with Crippen molar-refractivity contribution in [1.29, 1.82) is 0 Å². The minimum absolute atomic E-state index is 0. The van der Waals surface area contributed by atoms with Crippen molar-refractivity contribution in [3.8, 4) is 5.75 Å². The van der Waals surface area contributed by atoms with Gasteiger partial charge in [-0.1, -0.05) is 13.8 Å². The van der Waals surface area contributed by atoms with E-state index in [-0.39, 0.29) is 24.0 Å². The van der Waals surface area contributed by atoms with Crippen molar-refractivity contribution in [3.63, 3.8) is 0 Å². The Bertz CT molecular complexity index is 324. The van der Waals surface area contributed by atoms with Crippen LogP contribution in [0.25, 0.3) is 0 Å². The molecule has 1 aromatic carbocycles. The van der Waals surface area contributed by atoms with Crippen molar-refractivity contribution in [2.24, 2.45) is 11.7 Å². The Morgan fingerprint density at radius 1 is 1.44 bits per heavy atom. The second kappa shape index (κ2) is 7.09. The van der Waals surface area contributed by atoms with Gasteiger partial charge >= 0.3 is 0 Å². The lowest BCUT2D eigenvalue weighted by Crippen LogP contribution is -2.07. The van der Waals surface area contributed by atoms with Crippen LogP contribution in [0.1, 0.15) is 19.4 Å². The lowest BCUT2D eigenvalue weighted by molar-refractivity contribution is 0.257. The summed E-state index contributed by atoms with van der Waals surface area (Å²) in [6.45, 7) is 4.84. The van der Waals surface area contributed by atoms with Gasteiger partial charge in [0.15, 0.2) is 11.6 Å². The Balaban J connectivity index is 0.00000225. The van der Waals surface area contributed by atoms with Gasteiger partial charge in [0.2, 0.25) is 0 Å². The Morgan fingerprint density at radius 3 is 2.50 bits per heavy atom. The molecule has 0 aromatic heterocycles. The predicted molar refractivity (Wildman–Crippen MR) is 69.6 cm³/mol. The van der Waals surface area contributed by atoms with Gasteiger partial charge in [-0.25, -0.2) is 4.39 Å². The van der Waals surface area contributed by atoms with Gasteiger partial charge < -0.3 is 10.5 Å². The number of ether oxygens (including phenoxy) is 1. The zero-order chi connectivity index (χ0) is 11.4. The Labute approximate surface area is 110 Å². The fourth-order valence-electron chi connectivity index (χ4n) is 1.12. The van der Waals surface area contributed by atoms with Crippen LogP contribution in [0.3, 0.4) is 0 Å². The highest BCUT2D eigenvalue weighted by Gasteiger charge is 2.10. The molecule has 0 spiro atoms. The third-order valence-corrected chi connectivity index (χ3v) is 2.44. The van der Waals surface area contributed by atoms with Crippen molar-refractivity contribution >= 4 is 28.3 Å². The minimum atomic E-state index is -0.370. The van der Waals surface area contributed by atoms with E-state index < -0.39 is 0 Å². The molecule has 5 heteroatoms. The summed E-state index contributed by atoms with van der Waals surface area (Å²) in [5, 5.41) is 0. The number of benzene rings is 1. The molecule has 1 aromatic rings. The van der Waals surface area contributed by atoms with Gasteiger partial charge in [-0.3, -0.25) is 0 Å². The second-order valence-corrected chi connectivity index (χ2v) is 4.65. The van der Waals surface area contributed by atoms with Crippen LogP contribution in [-0.2, 0) is 6.54 Å². The lowest BCUT2D eigenvalue weighted by Gasteiger charge is -2.12. The van der Waals surface area contributed by atoms with E-state index >= 15 is 0 Å². The fourth-order valence-corrected chi connectivity index (χ4v) is 1.72. The Morgan fingerprint density at radius 2 is 2.06 bits per heavy atom. The van der Waals surface area contributed by atoms with Gasteiger partial charge in [0.25, 0.3) is 0 Å². The monoisotopic (exact) mass is 311 g/mol. The number of hydrogen-bond acceptors (Lipinski definition) is 2. The molecule has 2 nitrogen and oxygen atoms in total. The molecule has 1 rings (SSSR count). The highest BCUT2D eigenvalue weighted by Crippen LogP contribution is 2.29. The average molecular weight is 313 g/mol. The molecule has 16 heavy (non-hydrogen) atoms. The zero-order valence-electron chi connectivity index (χ0n) is 9.30. The highest BCUT2D eigenvalue weighted by molar-refractivity contribution is 9.10. The first-order chi connectivity index (χ1) is 7.04. The molecular formula is C11H16BrClFNO. The first-order valence-corrected chi connectivity index (χ1v) is 5.64. The number of nitrogens with two attached hydrogens (primary N) is 1. The van der Waals surface area contributed by atoms with Crippen molar-refractivity contribution in [2.75, 3.05) is 6.61 Å². The van der Waals surface area contributed by atoms with Gasteiger partial charge in [-0.15, -0.1) is 12.4 Å². The van der Waals surface area contributed by atoms with Gasteiger partial charge in [0.1, 0.15) is 0 Å². The van der Waals surface area contributed by atoms with Gasteiger partial charge in [-0.2, -0.15) is 0 Å². The van der Waals surface area contributed by atoms with Crippen molar-refractivity contribution in [1.82, 2.24) is 0 Å². The van der Waals surface area contributed by atoms with Crippen LogP contribution in [0.15, 0.2) is 16.6 Å². The molecule has 0 saturated carbocycles. The summed E-state index contributed by atoms with van der Waals surface area (Å²) in [7, 11) is 0. The van der Waals surface area contributed by atoms with Crippen LogP contribution >= 0.6 is 28.3 Å².